The average Bonchev–Trinajstić information content (AvgIpc) is 3.70. The topological polar surface area (TPSA) is 94.1 Å². The molecule has 12 heteroatoms. The van der Waals surface area contributed by atoms with Crippen molar-refractivity contribution >= 4 is 39.1 Å². The van der Waals surface area contributed by atoms with E-state index in [1.807, 2.05) is 14.1 Å². The quantitative estimate of drug-likeness (QED) is 0.333. The summed E-state index contributed by atoms with van der Waals surface area (Å²) in [6.07, 6.45) is 12.2. The third-order valence-corrected chi connectivity index (χ3v) is 11.9. The van der Waals surface area contributed by atoms with Crippen LogP contribution in [0.15, 0.2) is 29.2 Å². The van der Waals surface area contributed by atoms with Gasteiger partial charge in [-0.25, -0.2) is 13.0 Å². The minimum Gasteiger partial charge on any atom is -0.508 e. The maximum absolute atomic E-state index is 17.5. The molecule has 0 amide bonds. The fourth-order valence-corrected chi connectivity index (χ4v) is 9.36. The fourth-order valence-electron chi connectivity index (χ4n) is 7.71. The van der Waals surface area contributed by atoms with Gasteiger partial charge in [-0.3, -0.25) is 4.31 Å². The Bertz CT molecular complexity index is 1870. The van der Waals surface area contributed by atoms with Crippen LogP contribution in [0.5, 0.6) is 11.8 Å². The van der Waals surface area contributed by atoms with Crippen molar-refractivity contribution in [1.29, 1.82) is 0 Å². The molecule has 1 aromatic heterocycles. The fraction of sp³-hybridized carbons (Fsp3) is 0.486. The number of aromatic nitrogens is 2. The van der Waals surface area contributed by atoms with E-state index in [1.165, 1.54) is 24.3 Å². The highest BCUT2D eigenvalue weighted by molar-refractivity contribution is 7.83. The van der Waals surface area contributed by atoms with Crippen LogP contribution in [-0.4, -0.2) is 87.0 Å². The van der Waals surface area contributed by atoms with E-state index in [2.05, 4.69) is 26.0 Å². The van der Waals surface area contributed by atoms with Gasteiger partial charge in [-0.2, -0.15) is 9.97 Å². The number of phenols is 1. The molecule has 3 atom stereocenters. The van der Waals surface area contributed by atoms with Crippen molar-refractivity contribution in [3.05, 3.63) is 46.9 Å². The minimum absolute atomic E-state index is 0.0172. The maximum atomic E-state index is 17.5. The monoisotopic (exact) mass is 660 g/mol. The Labute approximate surface area is 275 Å². The Morgan fingerprint density at radius 3 is 2.53 bits per heavy atom. The molecule has 3 aromatic rings. The van der Waals surface area contributed by atoms with Gasteiger partial charge >= 0.3 is 6.01 Å². The molecular formula is C35H38F2N6O3S. The van der Waals surface area contributed by atoms with Crippen LogP contribution >= 0.6 is 0 Å². The van der Waals surface area contributed by atoms with Gasteiger partial charge in [0.1, 0.15) is 22.2 Å². The Morgan fingerprint density at radius 1 is 1.15 bits per heavy atom. The second-order valence-electron chi connectivity index (χ2n) is 14.1. The first-order chi connectivity index (χ1) is 22.6. The number of nitrogens with zero attached hydrogens (tertiary/aromatic N) is 5. The summed E-state index contributed by atoms with van der Waals surface area (Å²) in [5.41, 5.74) is -0.0292. The van der Waals surface area contributed by atoms with E-state index in [9.17, 15) is 9.32 Å². The van der Waals surface area contributed by atoms with Crippen LogP contribution < -0.4 is 15.0 Å². The highest BCUT2D eigenvalue weighted by Crippen LogP contribution is 2.50. The largest absolute Gasteiger partial charge is 0.508 e. The lowest BCUT2D eigenvalue weighted by Crippen LogP contribution is -2.52. The third-order valence-electron chi connectivity index (χ3n) is 10.3. The zero-order chi connectivity index (χ0) is 32.6. The van der Waals surface area contributed by atoms with Crippen molar-refractivity contribution in [2.24, 2.45) is 5.41 Å². The SMILES string of the molecule is C#Cc1c(F)ccc2cc(O)cc(C3=C(F)c4nc(OCC5(CN(C)C)CC5)nc(N5CC6CCC(C5)N6)c4S(=O)N3C3CCC3)c12. The summed E-state index contributed by atoms with van der Waals surface area (Å²) in [6.45, 7) is 2.52. The molecule has 9 nitrogen and oxygen atoms in total. The molecule has 0 spiro atoms. The van der Waals surface area contributed by atoms with Crippen LogP contribution in [0.1, 0.15) is 61.8 Å². The average molecular weight is 661 g/mol. The van der Waals surface area contributed by atoms with E-state index in [-0.39, 0.29) is 68.1 Å². The standard InChI is InChI=1S/C35H38F2N6O3S/c1-4-25-27(36)11-8-20-14-24(44)15-26(28(20)25)31-29(37)30-32(47(45)43(31)23-6-5-7-23)33(42-16-21-9-10-22(17-42)38-21)40-34(39-30)46-19-35(12-13-35)18-41(2)3/h1,8,11,14-15,21-23,38,44H,5-7,9-10,12-13,16-19H2,2-3H3. The first-order valence-corrected chi connectivity index (χ1v) is 17.5. The second-order valence-corrected chi connectivity index (χ2v) is 15.4. The molecule has 3 unspecified atom stereocenters. The van der Waals surface area contributed by atoms with Gasteiger partial charge in [0.25, 0.3) is 0 Å². The van der Waals surface area contributed by atoms with Crippen molar-refractivity contribution in [3.8, 4) is 24.1 Å². The summed E-state index contributed by atoms with van der Waals surface area (Å²) in [5, 5.41) is 15.1. The van der Waals surface area contributed by atoms with Gasteiger partial charge in [0.2, 0.25) is 0 Å². The number of rotatable bonds is 8. The van der Waals surface area contributed by atoms with Crippen molar-refractivity contribution in [2.75, 3.05) is 45.2 Å². The number of nitrogens with one attached hydrogen (secondary N) is 1. The van der Waals surface area contributed by atoms with Crippen molar-refractivity contribution in [1.82, 2.24) is 24.5 Å². The number of aromatic hydroxyl groups is 1. The van der Waals surface area contributed by atoms with Crippen LogP contribution in [0.3, 0.4) is 0 Å². The molecule has 8 rings (SSSR count). The van der Waals surface area contributed by atoms with Crippen molar-refractivity contribution in [3.63, 3.8) is 0 Å². The van der Waals surface area contributed by atoms with Gasteiger partial charge in [-0.15, -0.1) is 6.42 Å². The molecule has 246 valence electrons. The summed E-state index contributed by atoms with van der Waals surface area (Å²) < 4.78 is 55.4. The van der Waals surface area contributed by atoms with Crippen LogP contribution in [0.2, 0.25) is 0 Å². The summed E-state index contributed by atoms with van der Waals surface area (Å²) in [7, 11) is 2.13. The number of hydrogen-bond donors (Lipinski definition) is 2. The summed E-state index contributed by atoms with van der Waals surface area (Å²) in [5.74, 6) is 1.33. The van der Waals surface area contributed by atoms with Crippen LogP contribution in [0.4, 0.5) is 14.6 Å². The normalized spacial score (nSPS) is 24.8. The molecule has 2 saturated carbocycles. The molecule has 47 heavy (non-hydrogen) atoms. The molecule has 2 N–H and O–H groups in total. The molecule has 4 fully saturated rings. The van der Waals surface area contributed by atoms with Crippen molar-refractivity contribution in [2.45, 2.75) is 68.0 Å². The lowest BCUT2D eigenvalue weighted by Gasteiger charge is -2.42. The summed E-state index contributed by atoms with van der Waals surface area (Å²) in [6, 6.07) is 5.87. The van der Waals surface area contributed by atoms with Gasteiger partial charge in [-0.05, 0) is 82.6 Å². The van der Waals surface area contributed by atoms with Gasteiger partial charge in [0.05, 0.1) is 17.9 Å². The maximum Gasteiger partial charge on any atom is 0.319 e. The number of hydrogen-bond acceptors (Lipinski definition) is 8. The Morgan fingerprint density at radius 2 is 1.89 bits per heavy atom. The van der Waals surface area contributed by atoms with Gasteiger partial charge in [-0.1, -0.05) is 12.0 Å². The number of benzene rings is 2. The van der Waals surface area contributed by atoms with E-state index < -0.39 is 22.6 Å². The summed E-state index contributed by atoms with van der Waals surface area (Å²) >= 11 is 0. The predicted molar refractivity (Wildman–Crippen MR) is 177 cm³/mol. The number of phenolic OH excluding ortho intramolecular Hbond substituents is 1. The van der Waals surface area contributed by atoms with E-state index in [0.29, 0.717) is 43.7 Å². The Hall–Kier alpha value is -3.79. The lowest BCUT2D eigenvalue weighted by molar-refractivity contribution is 0.182. The van der Waals surface area contributed by atoms with Gasteiger partial charge in [0.15, 0.2) is 22.6 Å². The van der Waals surface area contributed by atoms with E-state index in [1.54, 1.807) is 4.31 Å². The van der Waals surface area contributed by atoms with Crippen LogP contribution in [-0.2, 0) is 11.0 Å². The lowest BCUT2D eigenvalue weighted by atomic mass is 9.90. The molecule has 2 bridgehead atoms. The zero-order valence-corrected chi connectivity index (χ0v) is 27.4. The smallest absolute Gasteiger partial charge is 0.319 e. The highest BCUT2D eigenvalue weighted by atomic mass is 32.2. The number of fused-ring (bicyclic) bond motifs is 4. The van der Waals surface area contributed by atoms with Crippen LogP contribution in [0.25, 0.3) is 22.3 Å². The number of terminal acetylenes is 1. The van der Waals surface area contributed by atoms with Gasteiger partial charge in [0, 0.05) is 54.1 Å². The molecule has 3 aliphatic heterocycles. The molecule has 2 saturated heterocycles. The number of piperazine rings is 1. The first kappa shape index (κ1) is 30.5. The minimum atomic E-state index is -1.93. The molecule has 0 radical (unpaired) electrons. The molecular weight excluding hydrogens is 622 g/mol. The number of ether oxygens (including phenoxy) is 1. The van der Waals surface area contributed by atoms with E-state index in [0.717, 1.165) is 38.6 Å². The highest BCUT2D eigenvalue weighted by Gasteiger charge is 2.46. The first-order valence-electron chi connectivity index (χ1n) is 16.4. The molecule has 2 aromatic carbocycles. The zero-order valence-electron chi connectivity index (χ0n) is 26.6. The van der Waals surface area contributed by atoms with Crippen molar-refractivity contribution < 1.29 is 22.8 Å². The second kappa shape index (κ2) is 11.4. The van der Waals surface area contributed by atoms with Gasteiger partial charge < -0.3 is 25.0 Å². The summed E-state index contributed by atoms with van der Waals surface area (Å²) in [4.78, 5) is 13.9. The number of halogens is 2. The Kier molecular flexibility index (Phi) is 7.42. The Balaban J connectivity index is 1.34. The van der Waals surface area contributed by atoms with E-state index in [4.69, 9.17) is 16.1 Å². The van der Waals surface area contributed by atoms with Crippen LogP contribution in [0, 0.1) is 23.6 Å². The molecule has 5 aliphatic rings. The van der Waals surface area contributed by atoms with E-state index >= 15 is 8.78 Å². The molecule has 4 heterocycles. The number of anilines is 1. The predicted octanol–water partition coefficient (Wildman–Crippen LogP) is 4.80. The third kappa shape index (κ3) is 5.23. The molecule has 2 aliphatic carbocycles.